The summed E-state index contributed by atoms with van der Waals surface area (Å²) in [4.78, 5) is 39.8. The van der Waals surface area contributed by atoms with Gasteiger partial charge in [0, 0.05) is 31.8 Å². The van der Waals surface area contributed by atoms with Crippen molar-refractivity contribution in [3.63, 3.8) is 0 Å². The molecule has 13 heteroatoms. The van der Waals surface area contributed by atoms with Gasteiger partial charge in [-0.05, 0) is 12.1 Å². The van der Waals surface area contributed by atoms with Crippen LogP contribution >= 0.6 is 22.9 Å². The van der Waals surface area contributed by atoms with E-state index in [0.29, 0.717) is 15.8 Å². The fourth-order valence-corrected chi connectivity index (χ4v) is 4.15. The smallest absolute Gasteiger partial charge is 0.354 e. The van der Waals surface area contributed by atoms with Gasteiger partial charge < -0.3 is 19.6 Å². The molecule has 0 atom stereocenters. The Morgan fingerprint density at radius 3 is 2.74 bits per heavy atom. The SMILES string of the molecule is O=C(O)c1cc(C(=O)N2CCN(CCO)C2=O)nn1Cc1cc(-c2ccc(Cl)s2)on1. The second-order valence-electron chi connectivity index (χ2n) is 6.61. The Morgan fingerprint density at radius 2 is 2.06 bits per heavy atom. The summed E-state index contributed by atoms with van der Waals surface area (Å²) < 4.78 is 6.99. The number of carboxylic acids is 1. The molecule has 4 rings (SSSR count). The molecule has 31 heavy (non-hydrogen) atoms. The van der Waals surface area contributed by atoms with E-state index >= 15 is 0 Å². The number of carbonyl (C=O) groups is 3. The van der Waals surface area contributed by atoms with Crippen LogP contribution in [0.3, 0.4) is 0 Å². The van der Waals surface area contributed by atoms with E-state index in [0.717, 1.165) is 20.5 Å². The minimum Gasteiger partial charge on any atom is -0.477 e. The Morgan fingerprint density at radius 1 is 1.26 bits per heavy atom. The first-order valence-electron chi connectivity index (χ1n) is 9.11. The van der Waals surface area contributed by atoms with Gasteiger partial charge in [-0.3, -0.25) is 14.4 Å². The molecule has 0 aromatic carbocycles. The Kier molecular flexibility index (Phi) is 5.76. The first kappa shape index (κ1) is 21.0. The number of hydrogen-bond donors (Lipinski definition) is 2. The Hall–Kier alpha value is -3.22. The molecule has 1 aliphatic rings. The molecule has 0 saturated carbocycles. The van der Waals surface area contributed by atoms with E-state index in [9.17, 15) is 19.5 Å². The monoisotopic (exact) mass is 465 g/mol. The van der Waals surface area contributed by atoms with E-state index in [1.165, 1.54) is 16.2 Å². The quantitative estimate of drug-likeness (QED) is 0.538. The van der Waals surface area contributed by atoms with Crippen LogP contribution in [0.2, 0.25) is 4.34 Å². The average molecular weight is 466 g/mol. The predicted molar refractivity (Wildman–Crippen MR) is 108 cm³/mol. The Balaban J connectivity index is 1.56. The first-order chi connectivity index (χ1) is 14.9. The van der Waals surface area contributed by atoms with Gasteiger partial charge in [0.2, 0.25) is 0 Å². The van der Waals surface area contributed by atoms with Gasteiger partial charge in [0.15, 0.2) is 11.5 Å². The van der Waals surface area contributed by atoms with E-state index in [2.05, 4.69) is 10.3 Å². The van der Waals surface area contributed by atoms with Crippen LogP contribution in [0.15, 0.2) is 28.8 Å². The molecular formula is C18H16ClN5O6S. The maximum Gasteiger partial charge on any atom is 0.354 e. The van der Waals surface area contributed by atoms with E-state index in [-0.39, 0.29) is 44.2 Å². The van der Waals surface area contributed by atoms with E-state index in [1.807, 2.05) is 0 Å². The highest BCUT2D eigenvalue weighted by Crippen LogP contribution is 2.31. The van der Waals surface area contributed by atoms with Crippen LogP contribution in [0.4, 0.5) is 4.79 Å². The molecular weight excluding hydrogens is 450 g/mol. The zero-order chi connectivity index (χ0) is 22.1. The number of β-amino-alcohol motifs (C(OH)–C–C–N with tert-alkyl or cyclic N) is 1. The molecule has 1 aliphatic heterocycles. The Labute approximate surface area is 184 Å². The first-order valence-corrected chi connectivity index (χ1v) is 10.3. The predicted octanol–water partition coefficient (Wildman–Crippen LogP) is 1.87. The number of halogens is 1. The maximum absolute atomic E-state index is 12.7. The number of aromatic carboxylic acids is 1. The van der Waals surface area contributed by atoms with E-state index in [4.69, 9.17) is 21.2 Å². The third kappa shape index (κ3) is 4.17. The maximum atomic E-state index is 12.7. The van der Waals surface area contributed by atoms with Crippen LogP contribution in [0.25, 0.3) is 10.6 Å². The lowest BCUT2D eigenvalue weighted by atomic mass is 10.3. The number of urea groups is 1. The summed E-state index contributed by atoms with van der Waals surface area (Å²) in [5.41, 5.74) is -0.00762. The van der Waals surface area contributed by atoms with Crippen LogP contribution in [-0.4, -0.2) is 79.1 Å². The van der Waals surface area contributed by atoms with Crippen LogP contribution < -0.4 is 0 Å². The van der Waals surface area contributed by atoms with Crippen molar-refractivity contribution in [1.82, 2.24) is 24.7 Å². The molecule has 3 aromatic heterocycles. The van der Waals surface area contributed by atoms with Crippen molar-refractivity contribution >= 4 is 40.8 Å². The molecule has 4 heterocycles. The third-order valence-electron chi connectivity index (χ3n) is 4.61. The van der Waals surface area contributed by atoms with Crippen molar-refractivity contribution in [2.45, 2.75) is 6.54 Å². The van der Waals surface area contributed by atoms with Crippen molar-refractivity contribution in [3.05, 3.63) is 45.7 Å². The van der Waals surface area contributed by atoms with Gasteiger partial charge in [-0.15, -0.1) is 11.3 Å². The number of carbonyl (C=O) groups excluding carboxylic acids is 2. The fourth-order valence-electron chi connectivity index (χ4n) is 3.15. The number of aliphatic hydroxyl groups is 1. The fraction of sp³-hybridized carbons (Fsp3) is 0.278. The highest BCUT2D eigenvalue weighted by Gasteiger charge is 2.35. The summed E-state index contributed by atoms with van der Waals surface area (Å²) in [7, 11) is 0. The summed E-state index contributed by atoms with van der Waals surface area (Å²) >= 11 is 7.24. The molecule has 3 amide bonds. The lowest BCUT2D eigenvalue weighted by Crippen LogP contribution is -2.37. The number of amides is 3. The summed E-state index contributed by atoms with van der Waals surface area (Å²) in [5, 5.41) is 26.5. The highest BCUT2D eigenvalue weighted by atomic mass is 35.5. The van der Waals surface area contributed by atoms with Gasteiger partial charge in [-0.2, -0.15) is 5.10 Å². The zero-order valence-electron chi connectivity index (χ0n) is 15.9. The highest BCUT2D eigenvalue weighted by molar-refractivity contribution is 7.19. The molecule has 3 aromatic rings. The normalized spacial score (nSPS) is 13.9. The number of thiophene rings is 1. The van der Waals surface area contributed by atoms with Crippen LogP contribution in [0.1, 0.15) is 26.7 Å². The van der Waals surface area contributed by atoms with Crippen LogP contribution in [0.5, 0.6) is 0 Å². The number of nitrogens with zero attached hydrogens (tertiary/aromatic N) is 5. The minimum absolute atomic E-state index is 0.0535. The molecule has 0 aliphatic carbocycles. The summed E-state index contributed by atoms with van der Waals surface area (Å²) in [6, 6.07) is 5.69. The average Bonchev–Trinajstić information content (AvgIpc) is 3.50. The summed E-state index contributed by atoms with van der Waals surface area (Å²) in [6.07, 6.45) is 0. The number of hydrogen-bond acceptors (Lipinski definition) is 8. The minimum atomic E-state index is -1.28. The van der Waals surface area contributed by atoms with Gasteiger partial charge in [0.1, 0.15) is 11.4 Å². The van der Waals surface area contributed by atoms with E-state index in [1.54, 1.807) is 18.2 Å². The molecule has 162 valence electrons. The number of aliphatic hydroxyl groups excluding tert-OH is 1. The van der Waals surface area contributed by atoms with Crippen molar-refractivity contribution in [1.29, 1.82) is 0 Å². The second kappa shape index (κ2) is 8.49. The van der Waals surface area contributed by atoms with Crippen molar-refractivity contribution in [2.75, 3.05) is 26.2 Å². The largest absolute Gasteiger partial charge is 0.477 e. The topological polar surface area (TPSA) is 142 Å². The number of carboxylic acid groups (broad SMARTS) is 1. The molecule has 0 radical (unpaired) electrons. The van der Waals surface area contributed by atoms with Gasteiger partial charge in [-0.1, -0.05) is 16.8 Å². The van der Waals surface area contributed by atoms with Gasteiger partial charge in [-0.25, -0.2) is 9.59 Å². The van der Waals surface area contributed by atoms with Crippen LogP contribution in [-0.2, 0) is 6.54 Å². The van der Waals surface area contributed by atoms with Gasteiger partial charge in [0.25, 0.3) is 5.91 Å². The Bertz CT molecular complexity index is 1150. The summed E-state index contributed by atoms with van der Waals surface area (Å²) in [6.45, 7) is 0.251. The molecule has 1 fully saturated rings. The van der Waals surface area contributed by atoms with E-state index < -0.39 is 17.9 Å². The molecule has 11 nitrogen and oxygen atoms in total. The summed E-state index contributed by atoms with van der Waals surface area (Å²) in [5.74, 6) is -1.52. The second-order valence-corrected chi connectivity index (χ2v) is 8.33. The van der Waals surface area contributed by atoms with Crippen LogP contribution in [0, 0.1) is 0 Å². The van der Waals surface area contributed by atoms with Crippen molar-refractivity contribution in [2.24, 2.45) is 0 Å². The zero-order valence-corrected chi connectivity index (χ0v) is 17.5. The lowest BCUT2D eigenvalue weighted by Gasteiger charge is -2.15. The molecule has 1 saturated heterocycles. The van der Waals surface area contributed by atoms with Gasteiger partial charge >= 0.3 is 12.0 Å². The number of aromatic nitrogens is 3. The van der Waals surface area contributed by atoms with Crippen molar-refractivity contribution < 1.29 is 29.1 Å². The third-order valence-corrected chi connectivity index (χ3v) is 5.86. The van der Waals surface area contributed by atoms with Gasteiger partial charge in [0.05, 0.1) is 22.4 Å². The molecule has 0 bridgehead atoms. The van der Waals surface area contributed by atoms with Crippen molar-refractivity contribution in [3.8, 4) is 10.6 Å². The number of imide groups is 1. The lowest BCUT2D eigenvalue weighted by molar-refractivity contribution is 0.0683. The molecule has 0 unspecified atom stereocenters. The number of rotatable bonds is 7. The standard InChI is InChI=1S/C18H16ClN5O6S/c19-15-2-1-14(31-15)13-7-10(21-30-13)9-24-12(17(27)28)8-11(20-24)16(26)23-4-3-22(5-6-25)18(23)29/h1-2,7-8,25H,3-6,9H2,(H,27,28). The molecule has 2 N–H and O–H groups in total. The molecule has 0 spiro atoms.